The van der Waals surface area contributed by atoms with Crippen LogP contribution in [-0.4, -0.2) is 66.5 Å². The first-order valence-electron chi connectivity index (χ1n) is 8.39. The number of esters is 2. The Morgan fingerprint density at radius 2 is 1.96 bits per heavy atom. The average Bonchev–Trinajstić information content (AvgIpc) is 2.74. The Hall–Kier alpha value is -0.870. The van der Waals surface area contributed by atoms with Crippen LogP contribution in [0.25, 0.3) is 0 Å². The molecule has 1 amide bonds. The monoisotopic (exact) mass is 474 g/mol. The number of ether oxygens (including phenoxy) is 2. The van der Waals surface area contributed by atoms with Crippen LogP contribution in [0.4, 0.5) is 0 Å². The SMILES string of the molecule is CCOC(=O)C=C(C)NC1C(=O)N2C(C(=O)OCC(Cl)(Cl)Cl)C(C)(C)[S+]([O-])[C@H]12. The summed E-state index contributed by atoms with van der Waals surface area (Å²) in [4.78, 5) is 37.9. The Morgan fingerprint density at radius 1 is 1.36 bits per heavy atom. The largest absolute Gasteiger partial charge is 0.614 e. The molecule has 2 heterocycles. The van der Waals surface area contributed by atoms with Crippen molar-refractivity contribution >= 4 is 63.8 Å². The van der Waals surface area contributed by atoms with E-state index in [1.807, 2.05) is 0 Å². The highest BCUT2D eigenvalue weighted by Crippen LogP contribution is 2.46. The fourth-order valence-electron chi connectivity index (χ4n) is 3.15. The van der Waals surface area contributed by atoms with Crippen LogP contribution in [0.15, 0.2) is 11.8 Å². The number of fused-ring (bicyclic) bond motifs is 1. The number of carbonyl (C=O) groups is 3. The van der Waals surface area contributed by atoms with E-state index in [-0.39, 0.29) is 6.61 Å². The summed E-state index contributed by atoms with van der Waals surface area (Å²) in [5.41, 5.74) is 0.383. The molecule has 0 radical (unpaired) electrons. The van der Waals surface area contributed by atoms with Crippen LogP contribution >= 0.6 is 34.8 Å². The molecule has 2 saturated heterocycles. The maximum Gasteiger partial charge on any atom is 0.334 e. The quantitative estimate of drug-likeness (QED) is 0.203. The second-order valence-electron chi connectivity index (χ2n) is 6.86. The molecule has 3 unspecified atom stereocenters. The number of nitrogens with one attached hydrogen (secondary N) is 1. The van der Waals surface area contributed by atoms with Crippen molar-refractivity contribution in [2.45, 2.75) is 53.7 Å². The number of β-lactam (4-membered cyclic amide) rings is 1. The van der Waals surface area contributed by atoms with Crippen molar-refractivity contribution in [3.8, 4) is 0 Å². The minimum Gasteiger partial charge on any atom is -0.614 e. The third kappa shape index (κ3) is 4.64. The van der Waals surface area contributed by atoms with Gasteiger partial charge in [-0.05, 0) is 38.9 Å². The molecule has 2 fully saturated rings. The Balaban J connectivity index is 2.14. The second kappa shape index (κ2) is 8.47. The smallest absolute Gasteiger partial charge is 0.334 e. The molecule has 2 aliphatic heterocycles. The lowest BCUT2D eigenvalue weighted by Gasteiger charge is -2.42. The normalized spacial score (nSPS) is 29.1. The molecule has 1 N–H and O–H groups in total. The van der Waals surface area contributed by atoms with Crippen molar-refractivity contribution in [1.29, 1.82) is 0 Å². The predicted octanol–water partition coefficient (Wildman–Crippen LogP) is 1.40. The van der Waals surface area contributed by atoms with Gasteiger partial charge in [0.2, 0.25) is 9.17 Å². The number of nitrogens with zero attached hydrogens (tertiary/aromatic N) is 1. The molecule has 2 rings (SSSR count). The van der Waals surface area contributed by atoms with Gasteiger partial charge in [0, 0.05) is 11.8 Å². The topological polar surface area (TPSA) is 108 Å². The van der Waals surface area contributed by atoms with E-state index in [2.05, 4.69) is 5.32 Å². The van der Waals surface area contributed by atoms with Crippen LogP contribution in [-0.2, 0) is 35.0 Å². The lowest BCUT2D eigenvalue weighted by atomic mass is 9.96. The summed E-state index contributed by atoms with van der Waals surface area (Å²) in [5, 5.41) is 2.12. The molecule has 12 heteroatoms. The number of hydrogen-bond donors (Lipinski definition) is 1. The average molecular weight is 476 g/mol. The first kappa shape index (κ1) is 23.4. The summed E-state index contributed by atoms with van der Waals surface area (Å²) in [5.74, 6) is -1.79. The van der Waals surface area contributed by atoms with Gasteiger partial charge in [-0.2, -0.15) is 0 Å². The fourth-order valence-corrected chi connectivity index (χ4v) is 5.23. The van der Waals surface area contributed by atoms with Gasteiger partial charge < -0.3 is 19.3 Å². The number of amides is 1. The summed E-state index contributed by atoms with van der Waals surface area (Å²) >= 11 is 15.2. The van der Waals surface area contributed by atoms with E-state index in [0.717, 1.165) is 0 Å². The Labute approximate surface area is 181 Å². The molecule has 0 saturated carbocycles. The fraction of sp³-hybridized carbons (Fsp3) is 0.688. The number of hydrogen-bond acceptors (Lipinski definition) is 7. The van der Waals surface area contributed by atoms with Crippen molar-refractivity contribution in [1.82, 2.24) is 10.2 Å². The molecule has 0 aromatic heterocycles. The number of carbonyl (C=O) groups excluding carboxylic acids is 3. The van der Waals surface area contributed by atoms with E-state index in [9.17, 15) is 18.9 Å². The van der Waals surface area contributed by atoms with Crippen molar-refractivity contribution in [2.24, 2.45) is 0 Å². The van der Waals surface area contributed by atoms with Crippen LogP contribution in [0.5, 0.6) is 0 Å². The van der Waals surface area contributed by atoms with Gasteiger partial charge in [0.15, 0.2) is 16.8 Å². The van der Waals surface area contributed by atoms with Gasteiger partial charge in [-0.1, -0.05) is 34.8 Å². The molecule has 4 atom stereocenters. The van der Waals surface area contributed by atoms with Gasteiger partial charge in [-0.15, -0.1) is 0 Å². The summed E-state index contributed by atoms with van der Waals surface area (Å²) in [6.07, 6.45) is 1.20. The van der Waals surface area contributed by atoms with Crippen molar-refractivity contribution in [3.63, 3.8) is 0 Å². The van der Waals surface area contributed by atoms with Gasteiger partial charge in [0.1, 0.15) is 6.61 Å². The van der Waals surface area contributed by atoms with E-state index in [0.29, 0.717) is 5.70 Å². The van der Waals surface area contributed by atoms with Gasteiger partial charge in [-0.25, -0.2) is 9.59 Å². The maximum atomic E-state index is 12.9. The minimum atomic E-state index is -1.80. The van der Waals surface area contributed by atoms with Crippen LogP contribution in [0.3, 0.4) is 0 Å². The van der Waals surface area contributed by atoms with Crippen molar-refractivity contribution < 1.29 is 28.4 Å². The van der Waals surface area contributed by atoms with Crippen LogP contribution in [0.1, 0.15) is 27.7 Å². The van der Waals surface area contributed by atoms with E-state index < -0.39 is 61.6 Å². The van der Waals surface area contributed by atoms with Crippen LogP contribution in [0, 0.1) is 0 Å². The molecule has 0 bridgehead atoms. The van der Waals surface area contributed by atoms with E-state index >= 15 is 0 Å². The first-order valence-corrected chi connectivity index (χ1v) is 10.7. The predicted molar refractivity (Wildman–Crippen MR) is 105 cm³/mol. The van der Waals surface area contributed by atoms with E-state index in [1.54, 1.807) is 27.7 Å². The summed E-state index contributed by atoms with van der Waals surface area (Å²) in [6.45, 7) is 6.20. The standard InChI is InChI=1S/C16H21Cl3N2O6S/c1-5-26-9(22)6-8(2)20-10-12(23)21-11(14(24)27-7-16(17,18)19)15(3,4)28(25)13(10)21/h6,10-11,13,20H,5,7H2,1-4H3/t10?,11?,13-,28?/m1/s1. The first-order chi connectivity index (χ1) is 12.8. The third-order valence-electron chi connectivity index (χ3n) is 4.36. The summed E-state index contributed by atoms with van der Waals surface area (Å²) in [7, 11) is 0. The zero-order chi connectivity index (χ0) is 21.4. The summed E-state index contributed by atoms with van der Waals surface area (Å²) < 4.78 is 19.9. The van der Waals surface area contributed by atoms with Crippen molar-refractivity contribution in [3.05, 3.63) is 11.8 Å². The number of halogens is 3. The zero-order valence-electron chi connectivity index (χ0n) is 15.7. The number of rotatable bonds is 6. The number of alkyl halides is 3. The van der Waals surface area contributed by atoms with E-state index in [1.165, 1.54) is 11.0 Å². The molecule has 158 valence electrons. The molecule has 0 aromatic rings. The lowest BCUT2D eigenvalue weighted by molar-refractivity contribution is -0.163. The molecular weight excluding hydrogens is 455 g/mol. The Morgan fingerprint density at radius 3 is 2.50 bits per heavy atom. The molecule has 8 nitrogen and oxygen atoms in total. The molecule has 0 aromatic carbocycles. The van der Waals surface area contributed by atoms with E-state index in [4.69, 9.17) is 44.3 Å². The highest BCUT2D eigenvalue weighted by Gasteiger charge is 2.72. The van der Waals surface area contributed by atoms with Gasteiger partial charge in [-0.3, -0.25) is 9.69 Å². The number of allylic oxidation sites excluding steroid dienone is 1. The second-order valence-corrected chi connectivity index (χ2v) is 11.5. The summed E-state index contributed by atoms with van der Waals surface area (Å²) in [6, 6.07) is -1.91. The maximum absolute atomic E-state index is 12.9. The van der Waals surface area contributed by atoms with Gasteiger partial charge in [0.05, 0.1) is 6.61 Å². The Kier molecular flexibility index (Phi) is 7.08. The molecule has 0 aliphatic carbocycles. The van der Waals surface area contributed by atoms with Crippen LogP contribution < -0.4 is 5.32 Å². The zero-order valence-corrected chi connectivity index (χ0v) is 18.7. The molecule has 28 heavy (non-hydrogen) atoms. The highest BCUT2D eigenvalue weighted by molar-refractivity contribution is 7.94. The van der Waals surface area contributed by atoms with Gasteiger partial charge in [0.25, 0.3) is 5.91 Å². The Bertz CT molecular complexity index is 696. The van der Waals surface area contributed by atoms with Crippen LogP contribution in [0.2, 0.25) is 0 Å². The van der Waals surface area contributed by atoms with Crippen molar-refractivity contribution in [2.75, 3.05) is 13.2 Å². The molecular formula is C16H21Cl3N2O6S. The molecule has 0 spiro atoms. The lowest BCUT2D eigenvalue weighted by Crippen LogP contribution is -2.71. The highest BCUT2D eigenvalue weighted by atomic mass is 35.6. The third-order valence-corrected chi connectivity index (χ3v) is 6.89. The van der Waals surface area contributed by atoms with Gasteiger partial charge >= 0.3 is 11.9 Å². The minimum absolute atomic E-state index is 0.220. The molecule has 2 aliphatic rings.